The van der Waals surface area contributed by atoms with Crippen LogP contribution in [0, 0.1) is 0 Å². The molecule has 16 heavy (non-hydrogen) atoms. The van der Waals surface area contributed by atoms with E-state index in [0.29, 0.717) is 5.82 Å². The van der Waals surface area contributed by atoms with Gasteiger partial charge in [0.05, 0.1) is 17.1 Å². The Kier molecular flexibility index (Phi) is 3.09. The lowest BCUT2D eigenvalue weighted by molar-refractivity contribution is 0.121. The van der Waals surface area contributed by atoms with Gasteiger partial charge >= 0.3 is 0 Å². The molecule has 82 valence electrons. The topological polar surface area (TPSA) is 87.0 Å². The predicted octanol–water partition coefficient (Wildman–Crippen LogP) is 1.12. The van der Waals surface area contributed by atoms with Crippen molar-refractivity contribution >= 4 is 5.82 Å². The minimum atomic E-state index is 0.274. The number of pyridine rings is 2. The maximum Gasteiger partial charge on any atom is 0.124 e. The van der Waals surface area contributed by atoms with Crippen LogP contribution in [0.2, 0.25) is 0 Å². The molecule has 2 aromatic rings. The first kappa shape index (κ1) is 10.5. The van der Waals surface area contributed by atoms with E-state index in [-0.39, 0.29) is 6.61 Å². The Hall–Kier alpha value is -1.98. The van der Waals surface area contributed by atoms with Crippen LogP contribution >= 0.6 is 0 Å². The zero-order valence-corrected chi connectivity index (χ0v) is 8.63. The van der Waals surface area contributed by atoms with Crippen LogP contribution in [0.3, 0.4) is 0 Å². The standard InChI is InChI=1S/C11H12N4O/c12-11-6-2-5-10(15-11)9-4-1-3-8(14-9)7-16-13/h1-6H,7,13H2,(H2,12,15). The normalized spacial score (nSPS) is 10.3. The van der Waals surface area contributed by atoms with Crippen molar-refractivity contribution in [1.82, 2.24) is 9.97 Å². The third kappa shape index (κ3) is 2.33. The van der Waals surface area contributed by atoms with Crippen molar-refractivity contribution in [1.29, 1.82) is 0 Å². The molecule has 5 heteroatoms. The third-order valence-corrected chi connectivity index (χ3v) is 2.07. The Bertz CT molecular complexity index is 487. The molecule has 0 bridgehead atoms. The summed E-state index contributed by atoms with van der Waals surface area (Å²) in [7, 11) is 0. The lowest BCUT2D eigenvalue weighted by Gasteiger charge is -2.03. The van der Waals surface area contributed by atoms with Gasteiger partial charge in [0.15, 0.2) is 0 Å². The lowest BCUT2D eigenvalue weighted by Crippen LogP contribution is -2.02. The van der Waals surface area contributed by atoms with E-state index in [9.17, 15) is 0 Å². The highest BCUT2D eigenvalue weighted by atomic mass is 16.6. The molecule has 0 radical (unpaired) electrons. The summed E-state index contributed by atoms with van der Waals surface area (Å²) in [6.45, 7) is 0.274. The average molecular weight is 216 g/mol. The Labute approximate surface area is 93.0 Å². The Morgan fingerprint density at radius 1 is 1.00 bits per heavy atom. The van der Waals surface area contributed by atoms with Gasteiger partial charge in [-0.2, -0.15) is 0 Å². The molecule has 2 heterocycles. The Morgan fingerprint density at radius 2 is 1.69 bits per heavy atom. The minimum Gasteiger partial charge on any atom is -0.384 e. The second-order valence-electron chi connectivity index (χ2n) is 3.27. The van der Waals surface area contributed by atoms with Crippen LogP contribution in [0.1, 0.15) is 5.69 Å². The second-order valence-corrected chi connectivity index (χ2v) is 3.27. The van der Waals surface area contributed by atoms with Crippen LogP contribution in [0.25, 0.3) is 11.4 Å². The van der Waals surface area contributed by atoms with Crippen LogP contribution in [0.4, 0.5) is 5.82 Å². The van der Waals surface area contributed by atoms with Crippen molar-refractivity contribution in [3.63, 3.8) is 0 Å². The molecule has 0 saturated heterocycles. The predicted molar refractivity (Wildman–Crippen MR) is 60.9 cm³/mol. The lowest BCUT2D eigenvalue weighted by atomic mass is 10.2. The summed E-state index contributed by atoms with van der Waals surface area (Å²) in [5.41, 5.74) is 7.85. The fourth-order valence-corrected chi connectivity index (χ4v) is 1.38. The number of hydrogen-bond acceptors (Lipinski definition) is 5. The van der Waals surface area contributed by atoms with Crippen molar-refractivity contribution in [2.45, 2.75) is 6.61 Å². The molecule has 2 rings (SSSR count). The molecule has 0 aromatic carbocycles. The van der Waals surface area contributed by atoms with Crippen molar-refractivity contribution in [2.24, 2.45) is 5.90 Å². The van der Waals surface area contributed by atoms with Crippen molar-refractivity contribution in [3.05, 3.63) is 42.1 Å². The summed E-state index contributed by atoms with van der Waals surface area (Å²) in [6, 6.07) is 11.0. The highest BCUT2D eigenvalue weighted by molar-refractivity contribution is 5.56. The van der Waals surface area contributed by atoms with E-state index in [1.54, 1.807) is 6.07 Å². The molecule has 2 aromatic heterocycles. The van der Waals surface area contributed by atoms with Crippen LogP contribution in [-0.2, 0) is 11.4 Å². The SMILES string of the molecule is NOCc1cccc(-c2cccc(N)n2)n1. The quantitative estimate of drug-likeness (QED) is 0.750. The fourth-order valence-electron chi connectivity index (χ4n) is 1.38. The Morgan fingerprint density at radius 3 is 2.38 bits per heavy atom. The van der Waals surface area contributed by atoms with E-state index < -0.39 is 0 Å². The van der Waals surface area contributed by atoms with Crippen molar-refractivity contribution in [2.75, 3.05) is 5.73 Å². The molecule has 4 N–H and O–H groups in total. The maximum absolute atomic E-state index is 5.61. The van der Waals surface area contributed by atoms with Gasteiger partial charge in [-0.1, -0.05) is 12.1 Å². The number of nitrogens with zero attached hydrogens (tertiary/aromatic N) is 2. The zero-order chi connectivity index (χ0) is 11.4. The first-order valence-corrected chi connectivity index (χ1v) is 4.80. The van der Waals surface area contributed by atoms with Gasteiger partial charge in [-0.05, 0) is 24.3 Å². The zero-order valence-electron chi connectivity index (χ0n) is 8.63. The van der Waals surface area contributed by atoms with E-state index in [1.807, 2.05) is 30.3 Å². The van der Waals surface area contributed by atoms with Gasteiger partial charge in [0, 0.05) is 0 Å². The molecule has 0 aliphatic heterocycles. The first-order chi connectivity index (χ1) is 7.79. The molecule has 5 nitrogen and oxygen atoms in total. The monoisotopic (exact) mass is 216 g/mol. The molecule has 0 fully saturated rings. The fraction of sp³-hybridized carbons (Fsp3) is 0.0909. The largest absolute Gasteiger partial charge is 0.384 e. The molecular formula is C11H12N4O. The second kappa shape index (κ2) is 4.69. The summed E-state index contributed by atoms with van der Waals surface area (Å²) in [5, 5.41) is 0. The number of rotatable bonds is 3. The molecule has 0 aliphatic rings. The highest BCUT2D eigenvalue weighted by Gasteiger charge is 2.02. The van der Waals surface area contributed by atoms with Gasteiger partial charge < -0.3 is 5.73 Å². The van der Waals surface area contributed by atoms with E-state index >= 15 is 0 Å². The summed E-state index contributed by atoms with van der Waals surface area (Å²) in [6.07, 6.45) is 0. The summed E-state index contributed by atoms with van der Waals surface area (Å²) >= 11 is 0. The first-order valence-electron chi connectivity index (χ1n) is 4.80. The number of nitrogens with two attached hydrogens (primary N) is 2. The van der Waals surface area contributed by atoms with Crippen LogP contribution in [-0.4, -0.2) is 9.97 Å². The van der Waals surface area contributed by atoms with Crippen LogP contribution in [0.15, 0.2) is 36.4 Å². The summed E-state index contributed by atoms with van der Waals surface area (Å²) in [4.78, 5) is 13.1. The molecular weight excluding hydrogens is 204 g/mol. The van der Waals surface area contributed by atoms with Gasteiger partial charge in [-0.15, -0.1) is 0 Å². The summed E-state index contributed by atoms with van der Waals surface area (Å²) in [5.74, 6) is 5.47. The van der Waals surface area contributed by atoms with Gasteiger partial charge in [0.25, 0.3) is 0 Å². The minimum absolute atomic E-state index is 0.274. The average Bonchev–Trinajstić information content (AvgIpc) is 2.30. The molecule has 0 atom stereocenters. The number of hydrogen-bond donors (Lipinski definition) is 2. The van der Waals surface area contributed by atoms with E-state index in [4.69, 9.17) is 11.6 Å². The van der Waals surface area contributed by atoms with Crippen LogP contribution < -0.4 is 11.6 Å². The van der Waals surface area contributed by atoms with Gasteiger partial charge in [0.2, 0.25) is 0 Å². The van der Waals surface area contributed by atoms with Crippen LogP contribution in [0.5, 0.6) is 0 Å². The highest BCUT2D eigenvalue weighted by Crippen LogP contribution is 2.15. The molecule has 0 spiro atoms. The van der Waals surface area contributed by atoms with Gasteiger partial charge in [-0.25, -0.2) is 15.9 Å². The third-order valence-electron chi connectivity index (χ3n) is 2.07. The van der Waals surface area contributed by atoms with E-state index in [1.165, 1.54) is 0 Å². The molecule has 0 saturated carbocycles. The smallest absolute Gasteiger partial charge is 0.124 e. The van der Waals surface area contributed by atoms with Gasteiger partial charge in [0.1, 0.15) is 12.4 Å². The molecule has 0 amide bonds. The van der Waals surface area contributed by atoms with Crippen molar-refractivity contribution < 1.29 is 4.84 Å². The number of aromatic nitrogens is 2. The number of nitrogen functional groups attached to an aromatic ring is 1. The van der Waals surface area contributed by atoms with E-state index in [0.717, 1.165) is 17.1 Å². The Balaban J connectivity index is 2.36. The molecule has 0 aliphatic carbocycles. The summed E-state index contributed by atoms with van der Waals surface area (Å²) < 4.78 is 0. The number of anilines is 1. The van der Waals surface area contributed by atoms with Crippen molar-refractivity contribution in [3.8, 4) is 11.4 Å². The van der Waals surface area contributed by atoms with Gasteiger partial charge in [-0.3, -0.25) is 4.84 Å². The maximum atomic E-state index is 5.61. The van der Waals surface area contributed by atoms with E-state index in [2.05, 4.69) is 14.8 Å². The molecule has 0 unspecified atom stereocenters.